The fraction of sp³-hybridized carbons (Fsp3) is 0.143. The van der Waals surface area contributed by atoms with Crippen molar-refractivity contribution in [3.8, 4) is 5.75 Å². The van der Waals surface area contributed by atoms with E-state index in [-0.39, 0.29) is 5.82 Å². The fourth-order valence-corrected chi connectivity index (χ4v) is 2.11. The van der Waals surface area contributed by atoms with Gasteiger partial charge >= 0.3 is 0 Å². The molecule has 0 radical (unpaired) electrons. The van der Waals surface area contributed by atoms with Crippen LogP contribution in [0.25, 0.3) is 0 Å². The number of hydrogen-bond donors (Lipinski definition) is 1. The Morgan fingerprint density at radius 3 is 2.58 bits per heavy atom. The summed E-state index contributed by atoms with van der Waals surface area (Å²) < 4.78 is 19.0. The minimum Gasteiger partial charge on any atom is -0.491 e. The van der Waals surface area contributed by atoms with E-state index < -0.39 is 0 Å². The van der Waals surface area contributed by atoms with E-state index in [4.69, 9.17) is 16.3 Å². The number of ether oxygens (including phenoxy) is 1. The van der Waals surface area contributed by atoms with Crippen LogP contribution in [0.2, 0.25) is 5.02 Å². The van der Waals surface area contributed by atoms with E-state index in [9.17, 15) is 4.39 Å². The summed E-state index contributed by atoms with van der Waals surface area (Å²) in [7, 11) is 0. The maximum Gasteiger partial charge on any atom is 0.133 e. The van der Waals surface area contributed by atoms with Crippen molar-refractivity contribution in [3.05, 3.63) is 57.8 Å². The van der Waals surface area contributed by atoms with E-state index in [2.05, 4.69) is 21.2 Å². The molecule has 0 bridgehead atoms. The molecule has 2 aromatic carbocycles. The quantitative estimate of drug-likeness (QED) is 0.792. The molecule has 2 rings (SSSR count). The highest BCUT2D eigenvalue weighted by Crippen LogP contribution is 2.25. The second kappa shape index (κ2) is 6.78. The Balaban J connectivity index is 1.79. The number of benzene rings is 2. The third-order valence-electron chi connectivity index (χ3n) is 2.43. The van der Waals surface area contributed by atoms with E-state index in [1.165, 1.54) is 12.1 Å². The highest BCUT2D eigenvalue weighted by atomic mass is 79.9. The van der Waals surface area contributed by atoms with Gasteiger partial charge in [0.15, 0.2) is 0 Å². The van der Waals surface area contributed by atoms with Crippen LogP contribution in [-0.2, 0) is 0 Å². The molecule has 2 nitrogen and oxygen atoms in total. The topological polar surface area (TPSA) is 21.3 Å². The predicted molar refractivity (Wildman–Crippen MR) is 79.5 cm³/mol. The van der Waals surface area contributed by atoms with Gasteiger partial charge in [-0.2, -0.15) is 0 Å². The molecule has 0 aliphatic heterocycles. The SMILES string of the molecule is Fc1ccc(OCCNc2ccc(Cl)cc2)c(Br)c1. The van der Waals surface area contributed by atoms with Crippen LogP contribution in [0.15, 0.2) is 46.9 Å². The van der Waals surface area contributed by atoms with Gasteiger partial charge in [-0.05, 0) is 58.4 Å². The van der Waals surface area contributed by atoms with Crippen LogP contribution in [0.4, 0.5) is 10.1 Å². The van der Waals surface area contributed by atoms with Gasteiger partial charge in [-0.15, -0.1) is 0 Å². The molecule has 0 unspecified atom stereocenters. The van der Waals surface area contributed by atoms with E-state index in [0.717, 1.165) is 5.69 Å². The number of anilines is 1. The molecule has 19 heavy (non-hydrogen) atoms. The lowest BCUT2D eigenvalue weighted by Crippen LogP contribution is -2.11. The van der Waals surface area contributed by atoms with Crippen molar-refractivity contribution in [2.75, 3.05) is 18.5 Å². The Kier molecular flexibility index (Phi) is 5.05. The highest BCUT2D eigenvalue weighted by Gasteiger charge is 2.02. The van der Waals surface area contributed by atoms with Gasteiger partial charge < -0.3 is 10.1 Å². The van der Waals surface area contributed by atoms with Gasteiger partial charge in [-0.1, -0.05) is 11.6 Å². The number of rotatable bonds is 5. The summed E-state index contributed by atoms with van der Waals surface area (Å²) >= 11 is 9.05. The van der Waals surface area contributed by atoms with Crippen LogP contribution >= 0.6 is 27.5 Å². The maximum atomic E-state index is 12.9. The average Bonchev–Trinajstić information content (AvgIpc) is 2.39. The summed E-state index contributed by atoms with van der Waals surface area (Å²) in [6.45, 7) is 1.12. The Morgan fingerprint density at radius 2 is 1.89 bits per heavy atom. The van der Waals surface area contributed by atoms with Gasteiger partial charge in [0.1, 0.15) is 18.2 Å². The molecule has 0 atom stereocenters. The fourth-order valence-electron chi connectivity index (χ4n) is 1.52. The van der Waals surface area contributed by atoms with Crippen LogP contribution < -0.4 is 10.1 Å². The van der Waals surface area contributed by atoms with Gasteiger partial charge in [0.2, 0.25) is 0 Å². The zero-order chi connectivity index (χ0) is 13.7. The third-order valence-corrected chi connectivity index (χ3v) is 3.30. The van der Waals surface area contributed by atoms with E-state index in [1.54, 1.807) is 6.07 Å². The molecule has 0 aliphatic rings. The number of nitrogens with one attached hydrogen (secondary N) is 1. The standard InChI is InChI=1S/C14H12BrClFNO/c15-13-9-11(17)3-6-14(13)19-8-7-18-12-4-1-10(16)2-5-12/h1-6,9,18H,7-8H2. The minimum absolute atomic E-state index is 0.293. The summed E-state index contributed by atoms with van der Waals surface area (Å²) in [6, 6.07) is 11.8. The molecule has 0 spiro atoms. The maximum absolute atomic E-state index is 12.9. The van der Waals surface area contributed by atoms with Crippen LogP contribution in [0.3, 0.4) is 0 Å². The first-order chi connectivity index (χ1) is 9.15. The Bertz CT molecular complexity index is 548. The first kappa shape index (κ1) is 14.2. The molecule has 0 aliphatic carbocycles. The van der Waals surface area contributed by atoms with Crippen molar-refractivity contribution in [2.45, 2.75) is 0 Å². The van der Waals surface area contributed by atoms with Gasteiger partial charge in [0.05, 0.1) is 4.47 Å². The predicted octanol–water partition coefficient (Wildman–Crippen LogP) is 4.73. The number of hydrogen-bond acceptors (Lipinski definition) is 2. The molecular formula is C14H12BrClFNO. The lowest BCUT2D eigenvalue weighted by Gasteiger charge is -2.10. The van der Waals surface area contributed by atoms with Crippen molar-refractivity contribution < 1.29 is 9.13 Å². The monoisotopic (exact) mass is 343 g/mol. The molecule has 100 valence electrons. The Morgan fingerprint density at radius 1 is 1.16 bits per heavy atom. The van der Waals surface area contributed by atoms with Crippen LogP contribution in [0.5, 0.6) is 5.75 Å². The molecule has 2 aromatic rings. The van der Waals surface area contributed by atoms with E-state index in [0.29, 0.717) is 28.4 Å². The third kappa shape index (κ3) is 4.40. The molecule has 0 aromatic heterocycles. The van der Waals surface area contributed by atoms with Crippen molar-refractivity contribution in [1.29, 1.82) is 0 Å². The molecular weight excluding hydrogens is 333 g/mol. The first-order valence-corrected chi connectivity index (χ1v) is 6.89. The normalized spacial score (nSPS) is 10.3. The smallest absolute Gasteiger partial charge is 0.133 e. The van der Waals surface area contributed by atoms with Crippen LogP contribution in [0, 0.1) is 5.82 Å². The summed E-state index contributed by atoms with van der Waals surface area (Å²) in [5.41, 5.74) is 0.978. The summed E-state index contributed by atoms with van der Waals surface area (Å²) in [5, 5.41) is 3.91. The van der Waals surface area contributed by atoms with E-state index >= 15 is 0 Å². The van der Waals surface area contributed by atoms with Crippen LogP contribution in [-0.4, -0.2) is 13.2 Å². The average molecular weight is 345 g/mol. The molecule has 5 heteroatoms. The van der Waals surface area contributed by atoms with Crippen molar-refractivity contribution in [2.24, 2.45) is 0 Å². The molecule has 0 saturated heterocycles. The van der Waals surface area contributed by atoms with Gasteiger partial charge in [0.25, 0.3) is 0 Å². The zero-order valence-electron chi connectivity index (χ0n) is 10.00. The number of halogens is 3. The Labute approximate surface area is 124 Å². The zero-order valence-corrected chi connectivity index (χ0v) is 12.3. The van der Waals surface area contributed by atoms with E-state index in [1.807, 2.05) is 24.3 Å². The van der Waals surface area contributed by atoms with Crippen LogP contribution in [0.1, 0.15) is 0 Å². The van der Waals surface area contributed by atoms with Crippen molar-refractivity contribution in [1.82, 2.24) is 0 Å². The largest absolute Gasteiger partial charge is 0.491 e. The first-order valence-electron chi connectivity index (χ1n) is 5.72. The van der Waals surface area contributed by atoms with Gasteiger partial charge in [-0.25, -0.2) is 4.39 Å². The Hall–Kier alpha value is -1.26. The van der Waals surface area contributed by atoms with Crippen molar-refractivity contribution in [3.63, 3.8) is 0 Å². The highest BCUT2D eigenvalue weighted by molar-refractivity contribution is 9.10. The second-order valence-electron chi connectivity index (χ2n) is 3.86. The van der Waals surface area contributed by atoms with Gasteiger partial charge in [0, 0.05) is 17.3 Å². The summed E-state index contributed by atoms with van der Waals surface area (Å²) in [6.07, 6.45) is 0. The lowest BCUT2D eigenvalue weighted by molar-refractivity contribution is 0.330. The summed E-state index contributed by atoms with van der Waals surface area (Å²) in [5.74, 6) is 0.331. The lowest BCUT2D eigenvalue weighted by atomic mass is 10.3. The van der Waals surface area contributed by atoms with Gasteiger partial charge in [-0.3, -0.25) is 0 Å². The molecule has 0 heterocycles. The molecule has 0 saturated carbocycles. The minimum atomic E-state index is -0.293. The second-order valence-corrected chi connectivity index (χ2v) is 5.15. The molecule has 1 N–H and O–H groups in total. The van der Waals surface area contributed by atoms with Crippen molar-refractivity contribution >= 4 is 33.2 Å². The summed E-state index contributed by atoms with van der Waals surface area (Å²) in [4.78, 5) is 0. The molecule has 0 amide bonds. The molecule has 0 fully saturated rings.